The molecule has 0 radical (unpaired) electrons. The average Bonchev–Trinajstić information content (AvgIpc) is 3.27. The van der Waals surface area contributed by atoms with Crippen molar-refractivity contribution >= 4 is 21.6 Å². The van der Waals surface area contributed by atoms with E-state index in [2.05, 4.69) is 0 Å². The molecule has 1 fully saturated rings. The van der Waals surface area contributed by atoms with E-state index in [-0.39, 0.29) is 10.9 Å². The Morgan fingerprint density at radius 2 is 2.09 bits per heavy atom. The first-order valence-corrected chi connectivity index (χ1v) is 9.21. The largest absolute Gasteiger partial charge is 0.495 e. The fraction of sp³-hybridized carbons (Fsp3) is 0.375. The molecule has 1 aliphatic carbocycles. The van der Waals surface area contributed by atoms with Gasteiger partial charge < -0.3 is 9.30 Å². The standard InChI is InChI=1S/C16H19ClN2O3S/c1-18-9-3-4-14(18)11-19(13-6-7-13)23(20,21)16-10-12(17)5-8-15(16)22-2/h3-5,8-10,13H,6-7,11H2,1-2H3. The number of benzene rings is 1. The number of ether oxygens (including phenoxy) is 1. The van der Waals surface area contributed by atoms with Gasteiger partial charge in [-0.3, -0.25) is 0 Å². The highest BCUT2D eigenvalue weighted by molar-refractivity contribution is 7.89. The highest BCUT2D eigenvalue weighted by Crippen LogP contribution is 2.37. The number of aromatic nitrogens is 1. The lowest BCUT2D eigenvalue weighted by molar-refractivity contribution is 0.377. The summed E-state index contributed by atoms with van der Waals surface area (Å²) < 4.78 is 35.0. The zero-order chi connectivity index (χ0) is 16.6. The second-order valence-electron chi connectivity index (χ2n) is 5.69. The van der Waals surface area contributed by atoms with Crippen LogP contribution < -0.4 is 4.74 Å². The Labute approximate surface area is 141 Å². The molecule has 1 aromatic heterocycles. The van der Waals surface area contributed by atoms with E-state index in [9.17, 15) is 8.42 Å². The first kappa shape index (κ1) is 16.4. The van der Waals surface area contributed by atoms with Gasteiger partial charge in [-0.25, -0.2) is 8.42 Å². The van der Waals surface area contributed by atoms with E-state index in [0.29, 0.717) is 17.3 Å². The minimum Gasteiger partial charge on any atom is -0.495 e. The fourth-order valence-corrected chi connectivity index (χ4v) is 4.65. The molecule has 1 aliphatic rings. The Kier molecular flexibility index (Phi) is 4.40. The summed E-state index contributed by atoms with van der Waals surface area (Å²) in [5.41, 5.74) is 0.946. The summed E-state index contributed by atoms with van der Waals surface area (Å²) in [5.74, 6) is 0.312. The molecule has 0 N–H and O–H groups in total. The molecular formula is C16H19ClN2O3S. The van der Waals surface area contributed by atoms with Gasteiger partial charge in [-0.1, -0.05) is 11.6 Å². The Bertz CT molecular complexity index is 812. The van der Waals surface area contributed by atoms with Crippen LogP contribution in [0.1, 0.15) is 18.5 Å². The summed E-state index contributed by atoms with van der Waals surface area (Å²) in [6, 6.07) is 8.54. The molecule has 3 rings (SSSR count). The van der Waals surface area contributed by atoms with E-state index in [4.69, 9.17) is 16.3 Å². The van der Waals surface area contributed by atoms with Crippen LogP contribution in [0, 0.1) is 0 Å². The molecule has 23 heavy (non-hydrogen) atoms. The van der Waals surface area contributed by atoms with Gasteiger partial charge in [0.15, 0.2) is 0 Å². The van der Waals surface area contributed by atoms with Crippen LogP contribution in [0.5, 0.6) is 5.75 Å². The summed E-state index contributed by atoms with van der Waals surface area (Å²) >= 11 is 6.01. The van der Waals surface area contributed by atoms with E-state index >= 15 is 0 Å². The number of methoxy groups -OCH3 is 1. The van der Waals surface area contributed by atoms with Crippen molar-refractivity contribution in [3.63, 3.8) is 0 Å². The third-order valence-electron chi connectivity index (χ3n) is 4.04. The maximum absolute atomic E-state index is 13.2. The molecule has 124 valence electrons. The van der Waals surface area contributed by atoms with Gasteiger partial charge in [0, 0.05) is 30.0 Å². The quantitative estimate of drug-likeness (QED) is 0.801. The Balaban J connectivity index is 2.02. The summed E-state index contributed by atoms with van der Waals surface area (Å²) in [6.07, 6.45) is 3.67. The van der Waals surface area contributed by atoms with Crippen LogP contribution in [0.15, 0.2) is 41.4 Å². The van der Waals surface area contributed by atoms with Gasteiger partial charge in [0.25, 0.3) is 0 Å². The maximum atomic E-state index is 13.2. The molecule has 0 spiro atoms. The van der Waals surface area contributed by atoms with Crippen molar-refractivity contribution in [3.8, 4) is 5.75 Å². The predicted molar refractivity (Wildman–Crippen MR) is 89.2 cm³/mol. The number of halogens is 1. The summed E-state index contributed by atoms with van der Waals surface area (Å²) in [6.45, 7) is 0.339. The Hall–Kier alpha value is -1.50. The van der Waals surface area contributed by atoms with Crippen molar-refractivity contribution in [1.29, 1.82) is 0 Å². The van der Waals surface area contributed by atoms with Gasteiger partial charge in [-0.2, -0.15) is 4.31 Å². The molecule has 1 aromatic carbocycles. The fourth-order valence-electron chi connectivity index (χ4n) is 2.57. The van der Waals surface area contributed by atoms with E-state index in [1.165, 1.54) is 13.2 Å². The Morgan fingerprint density at radius 1 is 1.35 bits per heavy atom. The van der Waals surface area contributed by atoms with Crippen LogP contribution in [0.3, 0.4) is 0 Å². The van der Waals surface area contributed by atoms with Gasteiger partial charge in [-0.05, 0) is 43.2 Å². The van der Waals surface area contributed by atoms with Crippen LogP contribution in [-0.4, -0.2) is 30.4 Å². The van der Waals surface area contributed by atoms with Crippen LogP contribution in [0.25, 0.3) is 0 Å². The van der Waals surface area contributed by atoms with Crippen molar-refractivity contribution in [3.05, 3.63) is 47.2 Å². The van der Waals surface area contributed by atoms with Gasteiger partial charge in [0.2, 0.25) is 10.0 Å². The molecular weight excluding hydrogens is 336 g/mol. The van der Waals surface area contributed by atoms with Crippen LogP contribution in [-0.2, 0) is 23.6 Å². The monoisotopic (exact) mass is 354 g/mol. The summed E-state index contributed by atoms with van der Waals surface area (Å²) in [7, 11) is -0.316. The number of rotatable bonds is 6. The normalized spacial score (nSPS) is 15.1. The topological polar surface area (TPSA) is 51.5 Å². The second kappa shape index (κ2) is 6.19. The van der Waals surface area contributed by atoms with Gasteiger partial charge in [0.1, 0.15) is 10.6 Å². The molecule has 7 heteroatoms. The molecule has 0 bridgehead atoms. The maximum Gasteiger partial charge on any atom is 0.247 e. The van der Waals surface area contributed by atoms with Crippen molar-refractivity contribution in [2.45, 2.75) is 30.3 Å². The van der Waals surface area contributed by atoms with Crippen LogP contribution in [0.4, 0.5) is 0 Å². The van der Waals surface area contributed by atoms with Crippen molar-refractivity contribution in [2.24, 2.45) is 7.05 Å². The van der Waals surface area contributed by atoms with E-state index in [1.54, 1.807) is 16.4 Å². The third kappa shape index (κ3) is 3.24. The zero-order valence-electron chi connectivity index (χ0n) is 13.1. The molecule has 0 saturated heterocycles. The van der Waals surface area contributed by atoms with Crippen LogP contribution >= 0.6 is 11.6 Å². The second-order valence-corrected chi connectivity index (χ2v) is 7.98. The van der Waals surface area contributed by atoms with E-state index in [0.717, 1.165) is 18.5 Å². The molecule has 5 nitrogen and oxygen atoms in total. The summed E-state index contributed by atoms with van der Waals surface area (Å²) in [5, 5.41) is 0.374. The molecule has 0 aliphatic heterocycles. The molecule has 1 heterocycles. The number of hydrogen-bond donors (Lipinski definition) is 0. The Morgan fingerprint density at radius 3 is 2.65 bits per heavy atom. The minimum absolute atomic E-state index is 0.0404. The highest BCUT2D eigenvalue weighted by atomic mass is 35.5. The van der Waals surface area contributed by atoms with Gasteiger partial charge >= 0.3 is 0 Å². The third-order valence-corrected chi connectivity index (χ3v) is 6.19. The number of nitrogens with zero attached hydrogens (tertiary/aromatic N) is 2. The summed E-state index contributed by atoms with van der Waals surface area (Å²) in [4.78, 5) is 0.119. The van der Waals surface area contributed by atoms with Crippen molar-refractivity contribution in [2.75, 3.05) is 7.11 Å². The molecule has 0 unspecified atom stereocenters. The number of hydrogen-bond acceptors (Lipinski definition) is 3. The van der Waals surface area contributed by atoms with Gasteiger partial charge in [0.05, 0.1) is 13.7 Å². The smallest absolute Gasteiger partial charge is 0.247 e. The van der Waals surface area contributed by atoms with Gasteiger partial charge in [-0.15, -0.1) is 0 Å². The number of aryl methyl sites for hydroxylation is 1. The lowest BCUT2D eigenvalue weighted by Crippen LogP contribution is -2.33. The zero-order valence-corrected chi connectivity index (χ0v) is 14.6. The van der Waals surface area contributed by atoms with Crippen molar-refractivity contribution in [1.82, 2.24) is 8.87 Å². The van der Waals surface area contributed by atoms with E-state index < -0.39 is 10.0 Å². The first-order chi connectivity index (χ1) is 10.9. The van der Waals surface area contributed by atoms with E-state index in [1.807, 2.05) is 29.9 Å². The molecule has 0 amide bonds. The highest BCUT2D eigenvalue weighted by Gasteiger charge is 2.39. The average molecular weight is 355 g/mol. The van der Waals surface area contributed by atoms with Crippen LogP contribution in [0.2, 0.25) is 5.02 Å². The molecule has 1 saturated carbocycles. The molecule has 0 atom stereocenters. The molecule has 2 aromatic rings. The predicted octanol–water partition coefficient (Wildman–Crippen LogP) is 3.04. The number of sulfonamides is 1. The SMILES string of the molecule is COc1ccc(Cl)cc1S(=O)(=O)N(Cc1cccn1C)C1CC1. The first-order valence-electron chi connectivity index (χ1n) is 7.39. The van der Waals surface area contributed by atoms with Crippen molar-refractivity contribution < 1.29 is 13.2 Å². The lowest BCUT2D eigenvalue weighted by Gasteiger charge is -2.23. The lowest BCUT2D eigenvalue weighted by atomic mass is 10.3. The minimum atomic E-state index is -3.69.